The molecule has 1 aromatic heterocycles. The normalized spacial score (nSPS) is 11.4. The summed E-state index contributed by atoms with van der Waals surface area (Å²) in [5.41, 5.74) is 0.140. The highest BCUT2D eigenvalue weighted by atomic mass is 19.4. The van der Waals surface area contributed by atoms with Gasteiger partial charge in [-0.15, -0.1) is 5.10 Å². The Morgan fingerprint density at radius 3 is 2.75 bits per heavy atom. The van der Waals surface area contributed by atoms with Gasteiger partial charge in [0.1, 0.15) is 5.75 Å². The Balaban J connectivity index is 2.49. The van der Waals surface area contributed by atoms with Crippen LogP contribution in [0.25, 0.3) is 5.69 Å². The van der Waals surface area contributed by atoms with Crippen LogP contribution in [0.15, 0.2) is 18.2 Å². The summed E-state index contributed by atoms with van der Waals surface area (Å²) in [5.74, 6) is -0.980. The Labute approximate surface area is 111 Å². The van der Waals surface area contributed by atoms with Crippen molar-refractivity contribution in [3.63, 3.8) is 0 Å². The Morgan fingerprint density at radius 1 is 1.40 bits per heavy atom. The molecule has 0 N–H and O–H groups in total. The maximum Gasteiger partial charge on any atom is 0.453 e. The number of rotatable bonds is 4. The van der Waals surface area contributed by atoms with Gasteiger partial charge in [-0.05, 0) is 35.5 Å². The van der Waals surface area contributed by atoms with Crippen LogP contribution in [0.1, 0.15) is 23.1 Å². The molecule has 6 nitrogen and oxygen atoms in total. The topological polar surface area (TPSA) is 69.9 Å². The molecule has 0 saturated heterocycles. The van der Waals surface area contributed by atoms with E-state index in [-0.39, 0.29) is 17.0 Å². The molecule has 0 saturated carbocycles. The van der Waals surface area contributed by atoms with Gasteiger partial charge in [-0.2, -0.15) is 17.9 Å². The van der Waals surface area contributed by atoms with Gasteiger partial charge in [0.2, 0.25) is 0 Å². The SMILES string of the molecule is CCOc1ccc(-n2nnnc2C(F)(F)F)cc1C=O. The number of hydrogen-bond acceptors (Lipinski definition) is 5. The fourth-order valence-electron chi connectivity index (χ4n) is 1.58. The monoisotopic (exact) mass is 286 g/mol. The molecule has 1 heterocycles. The molecule has 0 aliphatic carbocycles. The van der Waals surface area contributed by atoms with Crippen LogP contribution < -0.4 is 4.74 Å². The van der Waals surface area contributed by atoms with Crippen molar-refractivity contribution in [3.8, 4) is 11.4 Å². The van der Waals surface area contributed by atoms with E-state index in [0.717, 1.165) is 0 Å². The van der Waals surface area contributed by atoms with E-state index in [1.165, 1.54) is 18.2 Å². The predicted molar refractivity (Wildman–Crippen MR) is 60.7 cm³/mol. The first kappa shape index (κ1) is 14.0. The second kappa shape index (κ2) is 5.27. The van der Waals surface area contributed by atoms with E-state index in [2.05, 4.69) is 15.5 Å². The standard InChI is InChI=1S/C11H9F3N4O2/c1-2-20-9-4-3-8(5-7(9)6-19)18-10(11(12,13)14)15-16-17-18/h3-6H,2H2,1H3. The Hall–Kier alpha value is -2.45. The van der Waals surface area contributed by atoms with Gasteiger partial charge in [0.25, 0.3) is 5.82 Å². The summed E-state index contributed by atoms with van der Waals surface area (Å²) in [6.45, 7) is 2.06. The highest BCUT2D eigenvalue weighted by Crippen LogP contribution is 2.29. The number of aromatic nitrogens is 4. The van der Waals surface area contributed by atoms with Crippen LogP contribution in [0, 0.1) is 0 Å². The van der Waals surface area contributed by atoms with Crippen molar-refractivity contribution in [2.45, 2.75) is 13.1 Å². The molecule has 1 aromatic carbocycles. The van der Waals surface area contributed by atoms with Crippen LogP contribution in [0.2, 0.25) is 0 Å². The van der Waals surface area contributed by atoms with Gasteiger partial charge in [-0.3, -0.25) is 4.79 Å². The lowest BCUT2D eigenvalue weighted by atomic mass is 10.2. The number of tetrazole rings is 1. The number of aldehydes is 1. The summed E-state index contributed by atoms with van der Waals surface area (Å²) in [4.78, 5) is 10.9. The predicted octanol–water partition coefficient (Wildman–Crippen LogP) is 1.89. The molecule has 0 radical (unpaired) electrons. The third-order valence-corrected chi connectivity index (χ3v) is 2.39. The third kappa shape index (κ3) is 2.60. The lowest BCUT2D eigenvalue weighted by molar-refractivity contribution is -0.146. The van der Waals surface area contributed by atoms with Crippen LogP contribution >= 0.6 is 0 Å². The second-order valence-corrected chi connectivity index (χ2v) is 3.69. The number of nitrogens with zero attached hydrogens (tertiary/aromatic N) is 4. The van der Waals surface area contributed by atoms with E-state index in [0.29, 0.717) is 17.6 Å². The van der Waals surface area contributed by atoms with Crippen LogP contribution in [0.3, 0.4) is 0 Å². The van der Waals surface area contributed by atoms with Crippen molar-refractivity contribution in [2.24, 2.45) is 0 Å². The molecule has 20 heavy (non-hydrogen) atoms. The molecule has 106 valence electrons. The molecular weight excluding hydrogens is 277 g/mol. The lowest BCUT2D eigenvalue weighted by Crippen LogP contribution is -2.15. The Morgan fingerprint density at radius 2 is 2.15 bits per heavy atom. The molecule has 9 heteroatoms. The van der Waals surface area contributed by atoms with Crippen molar-refractivity contribution in [2.75, 3.05) is 6.61 Å². The average molecular weight is 286 g/mol. The number of carbonyl (C=O) groups is 1. The van der Waals surface area contributed by atoms with Crippen LogP contribution in [-0.4, -0.2) is 33.1 Å². The van der Waals surface area contributed by atoms with E-state index >= 15 is 0 Å². The molecule has 0 fully saturated rings. The number of alkyl halides is 3. The quantitative estimate of drug-likeness (QED) is 0.803. The van der Waals surface area contributed by atoms with Crippen LogP contribution in [-0.2, 0) is 6.18 Å². The number of benzene rings is 1. The molecule has 0 aliphatic heterocycles. The number of halogens is 3. The maximum atomic E-state index is 12.7. The molecule has 2 rings (SSSR count). The lowest BCUT2D eigenvalue weighted by Gasteiger charge is -2.10. The van der Waals surface area contributed by atoms with Crippen LogP contribution in [0.5, 0.6) is 5.75 Å². The van der Waals surface area contributed by atoms with Gasteiger partial charge in [-0.1, -0.05) is 0 Å². The summed E-state index contributed by atoms with van der Waals surface area (Å²) in [7, 11) is 0. The zero-order valence-electron chi connectivity index (χ0n) is 10.3. The second-order valence-electron chi connectivity index (χ2n) is 3.69. The Kier molecular flexibility index (Phi) is 3.68. The van der Waals surface area contributed by atoms with Crippen LogP contribution in [0.4, 0.5) is 13.2 Å². The first-order valence-electron chi connectivity index (χ1n) is 5.55. The minimum Gasteiger partial charge on any atom is -0.493 e. The Bertz CT molecular complexity index is 624. The van der Waals surface area contributed by atoms with Gasteiger partial charge in [-0.25, -0.2) is 0 Å². The fraction of sp³-hybridized carbons (Fsp3) is 0.273. The van der Waals surface area contributed by atoms with Crippen molar-refractivity contribution in [1.29, 1.82) is 0 Å². The van der Waals surface area contributed by atoms with E-state index in [4.69, 9.17) is 4.74 Å². The molecule has 2 aromatic rings. The molecule has 0 aliphatic rings. The summed E-state index contributed by atoms with van der Waals surface area (Å²) in [6.07, 6.45) is -4.20. The molecular formula is C11H9F3N4O2. The van der Waals surface area contributed by atoms with E-state index in [1.54, 1.807) is 6.92 Å². The highest BCUT2D eigenvalue weighted by Gasteiger charge is 2.38. The van der Waals surface area contributed by atoms with Gasteiger partial charge in [0, 0.05) is 0 Å². The molecule has 0 amide bonds. The smallest absolute Gasteiger partial charge is 0.453 e. The van der Waals surface area contributed by atoms with E-state index in [1.807, 2.05) is 0 Å². The highest BCUT2D eigenvalue weighted by molar-refractivity contribution is 5.80. The molecule has 0 bridgehead atoms. The first-order valence-corrected chi connectivity index (χ1v) is 5.55. The van der Waals surface area contributed by atoms with Gasteiger partial charge >= 0.3 is 6.18 Å². The number of ether oxygens (including phenoxy) is 1. The fourth-order valence-corrected chi connectivity index (χ4v) is 1.58. The number of carbonyl (C=O) groups excluding carboxylic acids is 1. The van der Waals surface area contributed by atoms with Gasteiger partial charge in [0.05, 0.1) is 17.9 Å². The largest absolute Gasteiger partial charge is 0.493 e. The van der Waals surface area contributed by atoms with Crippen molar-refractivity contribution >= 4 is 6.29 Å². The van der Waals surface area contributed by atoms with Crippen molar-refractivity contribution < 1.29 is 22.7 Å². The summed E-state index contributed by atoms with van der Waals surface area (Å²) in [5, 5.41) is 9.22. The molecule has 0 unspecified atom stereocenters. The molecule has 0 atom stereocenters. The zero-order valence-corrected chi connectivity index (χ0v) is 10.3. The van der Waals surface area contributed by atoms with Gasteiger partial charge < -0.3 is 4.74 Å². The summed E-state index contributed by atoms with van der Waals surface area (Å²) < 4.78 is 43.8. The van der Waals surface area contributed by atoms with Crippen molar-refractivity contribution in [1.82, 2.24) is 20.2 Å². The zero-order chi connectivity index (χ0) is 14.8. The maximum absolute atomic E-state index is 12.7. The summed E-state index contributed by atoms with van der Waals surface area (Å²) >= 11 is 0. The molecule has 0 spiro atoms. The van der Waals surface area contributed by atoms with E-state index in [9.17, 15) is 18.0 Å². The van der Waals surface area contributed by atoms with Gasteiger partial charge in [0.15, 0.2) is 6.29 Å². The number of hydrogen-bond donors (Lipinski definition) is 0. The third-order valence-electron chi connectivity index (χ3n) is 2.39. The van der Waals surface area contributed by atoms with E-state index < -0.39 is 12.0 Å². The minimum absolute atomic E-state index is 0.0212. The summed E-state index contributed by atoms with van der Waals surface area (Å²) in [6, 6.07) is 3.96. The minimum atomic E-state index is -4.69. The average Bonchev–Trinajstić information content (AvgIpc) is 2.88. The van der Waals surface area contributed by atoms with Crippen molar-refractivity contribution in [3.05, 3.63) is 29.6 Å². The first-order chi connectivity index (χ1) is 9.47.